The van der Waals surface area contributed by atoms with E-state index in [0.29, 0.717) is 25.5 Å². The zero-order valence-corrected chi connectivity index (χ0v) is 16.0. The molecule has 122 valence electrons. The van der Waals surface area contributed by atoms with Crippen LogP contribution in [0, 0.1) is 0 Å². The van der Waals surface area contributed by atoms with Crippen LogP contribution >= 0.6 is 38.9 Å². The topological polar surface area (TPSA) is 73.1 Å². The highest BCUT2D eigenvalue weighted by atomic mass is 79.9. The van der Waals surface area contributed by atoms with Crippen LogP contribution in [0.3, 0.4) is 0 Å². The molecule has 0 spiro atoms. The maximum Gasteiger partial charge on any atom is 0.328 e. The molecule has 1 aromatic carbocycles. The fourth-order valence-electron chi connectivity index (χ4n) is 2.24. The standard InChI is InChI=1S/C13H11BrClN3O3S2/c1-17-9-5-7(14)8(6-10(9)18(2)13(17)19)16-23(20,21)12-4-3-11(15)22-12/h3-6,16H,1-2H3. The van der Waals surface area contributed by atoms with Crippen molar-refractivity contribution < 1.29 is 8.42 Å². The van der Waals surface area contributed by atoms with Gasteiger partial charge >= 0.3 is 5.69 Å². The number of thiophene rings is 1. The Bertz CT molecular complexity index is 1080. The van der Waals surface area contributed by atoms with E-state index in [9.17, 15) is 13.2 Å². The molecule has 0 saturated carbocycles. The van der Waals surface area contributed by atoms with Crippen molar-refractivity contribution in [3.05, 3.63) is 43.6 Å². The highest BCUT2D eigenvalue weighted by Gasteiger charge is 2.19. The van der Waals surface area contributed by atoms with Crippen molar-refractivity contribution in [2.75, 3.05) is 4.72 Å². The van der Waals surface area contributed by atoms with Gasteiger partial charge in [0.25, 0.3) is 10.0 Å². The molecular weight excluding hydrogens is 426 g/mol. The third-order valence-electron chi connectivity index (χ3n) is 3.42. The molecule has 2 aromatic heterocycles. The van der Waals surface area contributed by atoms with Crippen LogP contribution in [0.25, 0.3) is 11.0 Å². The number of benzene rings is 1. The lowest BCUT2D eigenvalue weighted by molar-refractivity contribution is 0.603. The van der Waals surface area contributed by atoms with E-state index in [1.165, 1.54) is 21.3 Å². The predicted octanol–water partition coefficient (Wildman–Crippen LogP) is 3.16. The van der Waals surface area contributed by atoms with Gasteiger partial charge in [0.1, 0.15) is 4.21 Å². The number of nitrogens with zero attached hydrogens (tertiary/aromatic N) is 2. The fourth-order valence-corrected chi connectivity index (χ4v) is 5.35. The summed E-state index contributed by atoms with van der Waals surface area (Å²) in [4.78, 5) is 12.0. The van der Waals surface area contributed by atoms with Gasteiger partial charge < -0.3 is 0 Å². The van der Waals surface area contributed by atoms with Gasteiger partial charge in [0.05, 0.1) is 21.1 Å². The molecule has 0 unspecified atom stereocenters. The maximum absolute atomic E-state index is 12.4. The van der Waals surface area contributed by atoms with Crippen molar-refractivity contribution >= 4 is 65.6 Å². The van der Waals surface area contributed by atoms with Crippen LogP contribution in [-0.2, 0) is 24.1 Å². The molecule has 0 saturated heterocycles. The monoisotopic (exact) mass is 435 g/mol. The van der Waals surface area contributed by atoms with Gasteiger partial charge in [-0.3, -0.25) is 13.9 Å². The van der Waals surface area contributed by atoms with Gasteiger partial charge in [-0.25, -0.2) is 13.2 Å². The van der Waals surface area contributed by atoms with Crippen molar-refractivity contribution in [3.63, 3.8) is 0 Å². The van der Waals surface area contributed by atoms with E-state index in [1.54, 1.807) is 26.2 Å². The molecule has 0 aliphatic heterocycles. The number of aromatic nitrogens is 2. The summed E-state index contributed by atoms with van der Waals surface area (Å²) in [6.45, 7) is 0. The van der Waals surface area contributed by atoms with E-state index in [2.05, 4.69) is 20.7 Å². The quantitative estimate of drug-likeness (QED) is 0.685. The summed E-state index contributed by atoms with van der Waals surface area (Å²) in [5.41, 5.74) is 1.49. The van der Waals surface area contributed by atoms with Crippen LogP contribution in [0.4, 0.5) is 5.69 Å². The van der Waals surface area contributed by atoms with Gasteiger partial charge in [-0.15, -0.1) is 11.3 Å². The first-order valence-electron chi connectivity index (χ1n) is 6.34. The molecule has 0 fully saturated rings. The molecule has 1 N–H and O–H groups in total. The second-order valence-corrected chi connectivity index (χ2v) is 9.36. The number of imidazole rings is 1. The number of rotatable bonds is 3. The van der Waals surface area contributed by atoms with Gasteiger partial charge in [-0.2, -0.15) is 0 Å². The zero-order valence-electron chi connectivity index (χ0n) is 12.0. The summed E-state index contributed by atoms with van der Waals surface area (Å²) in [7, 11) is -0.444. The lowest BCUT2D eigenvalue weighted by Gasteiger charge is -2.09. The van der Waals surface area contributed by atoms with Crippen LogP contribution in [0.1, 0.15) is 0 Å². The summed E-state index contributed by atoms with van der Waals surface area (Å²) in [6, 6.07) is 6.30. The summed E-state index contributed by atoms with van der Waals surface area (Å²) in [6.07, 6.45) is 0. The smallest absolute Gasteiger partial charge is 0.295 e. The second-order valence-electron chi connectivity index (χ2n) is 4.89. The Balaban J connectivity index is 2.12. The van der Waals surface area contributed by atoms with Crippen molar-refractivity contribution in [2.45, 2.75) is 4.21 Å². The van der Waals surface area contributed by atoms with Crippen molar-refractivity contribution in [3.8, 4) is 0 Å². The van der Waals surface area contributed by atoms with Crippen molar-refractivity contribution in [1.82, 2.24) is 9.13 Å². The minimum Gasteiger partial charge on any atom is -0.295 e. The van der Waals surface area contributed by atoms with Crippen LogP contribution in [0.2, 0.25) is 4.34 Å². The van der Waals surface area contributed by atoms with Crippen LogP contribution < -0.4 is 10.4 Å². The molecule has 0 amide bonds. The molecule has 2 heterocycles. The molecule has 6 nitrogen and oxygen atoms in total. The highest BCUT2D eigenvalue weighted by molar-refractivity contribution is 9.10. The number of halogens is 2. The maximum atomic E-state index is 12.4. The lowest BCUT2D eigenvalue weighted by atomic mass is 10.3. The first-order chi connectivity index (χ1) is 10.7. The Kier molecular flexibility index (Phi) is 4.07. The number of hydrogen-bond donors (Lipinski definition) is 1. The number of aryl methyl sites for hydroxylation is 2. The molecule has 0 aliphatic carbocycles. The van der Waals surface area contributed by atoms with E-state index in [4.69, 9.17) is 11.6 Å². The van der Waals surface area contributed by atoms with Crippen molar-refractivity contribution in [2.24, 2.45) is 14.1 Å². The summed E-state index contributed by atoms with van der Waals surface area (Å²) in [5.74, 6) is 0. The van der Waals surface area contributed by atoms with E-state index in [1.807, 2.05) is 0 Å². The SMILES string of the molecule is Cn1c(=O)n(C)c2cc(NS(=O)(=O)c3ccc(Cl)s3)c(Br)cc21. The molecule has 0 atom stereocenters. The first-order valence-corrected chi connectivity index (χ1v) is 9.81. The number of nitrogens with one attached hydrogen (secondary N) is 1. The molecule has 3 rings (SSSR count). The number of anilines is 1. The van der Waals surface area contributed by atoms with Crippen LogP contribution in [-0.4, -0.2) is 17.6 Å². The lowest BCUT2D eigenvalue weighted by Crippen LogP contribution is -2.19. The molecule has 0 radical (unpaired) electrons. The van der Waals surface area contributed by atoms with E-state index >= 15 is 0 Å². The Morgan fingerprint density at radius 3 is 2.35 bits per heavy atom. The Morgan fingerprint density at radius 2 is 1.78 bits per heavy atom. The number of hydrogen-bond acceptors (Lipinski definition) is 4. The third-order valence-corrected chi connectivity index (χ3v) is 7.16. The highest BCUT2D eigenvalue weighted by Crippen LogP contribution is 2.32. The van der Waals surface area contributed by atoms with Crippen LogP contribution in [0.15, 0.2) is 37.7 Å². The normalized spacial score (nSPS) is 12.0. The molecule has 10 heteroatoms. The minimum atomic E-state index is -3.74. The van der Waals surface area contributed by atoms with E-state index < -0.39 is 10.0 Å². The van der Waals surface area contributed by atoms with Gasteiger partial charge in [0.2, 0.25) is 0 Å². The molecule has 23 heavy (non-hydrogen) atoms. The molecular formula is C13H11BrClN3O3S2. The van der Waals surface area contributed by atoms with Gasteiger partial charge in [0, 0.05) is 18.6 Å². The van der Waals surface area contributed by atoms with Gasteiger partial charge in [-0.05, 0) is 40.2 Å². The first kappa shape index (κ1) is 16.6. The predicted molar refractivity (Wildman–Crippen MR) is 96.0 cm³/mol. The Labute approximate surface area is 149 Å². The molecule has 3 aromatic rings. The van der Waals surface area contributed by atoms with E-state index in [0.717, 1.165) is 11.3 Å². The van der Waals surface area contributed by atoms with Gasteiger partial charge in [0.15, 0.2) is 0 Å². The summed E-state index contributed by atoms with van der Waals surface area (Å²) < 4.78 is 31.3. The number of sulfonamides is 1. The Morgan fingerprint density at radius 1 is 1.17 bits per heavy atom. The minimum absolute atomic E-state index is 0.122. The van der Waals surface area contributed by atoms with Gasteiger partial charge in [-0.1, -0.05) is 11.6 Å². The van der Waals surface area contributed by atoms with Crippen molar-refractivity contribution in [1.29, 1.82) is 0 Å². The summed E-state index contributed by atoms with van der Waals surface area (Å²) >= 11 is 10.1. The molecule has 0 aliphatic rings. The third kappa shape index (κ3) is 2.82. The largest absolute Gasteiger partial charge is 0.328 e. The van der Waals surface area contributed by atoms with Crippen LogP contribution in [0.5, 0.6) is 0 Å². The average Bonchev–Trinajstić information content (AvgIpc) is 3.00. The van der Waals surface area contributed by atoms with E-state index in [-0.39, 0.29) is 9.90 Å². The average molecular weight is 437 g/mol. The summed E-state index contributed by atoms with van der Waals surface area (Å²) in [5, 5.41) is 0. The number of fused-ring (bicyclic) bond motifs is 1. The Hall–Kier alpha value is -1.29. The fraction of sp³-hybridized carbons (Fsp3) is 0.154. The second kappa shape index (κ2) is 5.66. The zero-order chi connectivity index (χ0) is 16.9. The molecule has 0 bridgehead atoms.